The Hall–Kier alpha value is -3.07. The molecular weight excluding hydrogens is 344 g/mol. The van der Waals surface area contributed by atoms with E-state index in [-0.39, 0.29) is 5.91 Å². The number of aryl methyl sites for hydroxylation is 2. The largest absolute Gasteiger partial charge is 0.344 e. The lowest BCUT2D eigenvalue weighted by molar-refractivity contribution is 0.0736. The lowest BCUT2D eigenvalue weighted by Crippen LogP contribution is -2.36. The topological polar surface area (TPSA) is 25.2 Å². The summed E-state index contributed by atoms with van der Waals surface area (Å²) < 4.78 is 2.41. The molecule has 4 aromatic rings. The number of carbonyl (C=O) groups is 1. The SMILES string of the molecule is CCn1c2c(c3ccccc31)CN(C(=O)c1ccc(C)c3ccccc13)CC2. The zero-order valence-electron chi connectivity index (χ0n) is 16.4. The Kier molecular flexibility index (Phi) is 3.97. The summed E-state index contributed by atoms with van der Waals surface area (Å²) in [6.45, 7) is 6.71. The highest BCUT2D eigenvalue weighted by molar-refractivity contribution is 6.08. The van der Waals surface area contributed by atoms with Crippen LogP contribution in [0.3, 0.4) is 0 Å². The van der Waals surface area contributed by atoms with Crippen molar-refractivity contribution in [3.63, 3.8) is 0 Å². The predicted octanol–water partition coefficient (Wildman–Crippen LogP) is 5.32. The fourth-order valence-electron chi connectivity index (χ4n) is 4.74. The minimum absolute atomic E-state index is 0.134. The van der Waals surface area contributed by atoms with Crippen molar-refractivity contribution in [1.29, 1.82) is 0 Å². The van der Waals surface area contributed by atoms with Crippen molar-refractivity contribution in [1.82, 2.24) is 9.47 Å². The molecule has 1 amide bonds. The Balaban J connectivity index is 1.57. The molecule has 5 rings (SSSR count). The molecule has 3 aromatic carbocycles. The van der Waals surface area contributed by atoms with Gasteiger partial charge in [0.05, 0.1) is 0 Å². The molecule has 1 aliphatic rings. The van der Waals surface area contributed by atoms with Gasteiger partial charge in [-0.3, -0.25) is 4.79 Å². The third-order valence-corrected chi connectivity index (χ3v) is 6.14. The van der Waals surface area contributed by atoms with Crippen LogP contribution >= 0.6 is 0 Å². The molecule has 0 spiro atoms. The van der Waals surface area contributed by atoms with E-state index in [2.05, 4.69) is 60.9 Å². The lowest BCUT2D eigenvalue weighted by Gasteiger charge is -2.29. The Morgan fingerprint density at radius 3 is 2.43 bits per heavy atom. The summed E-state index contributed by atoms with van der Waals surface area (Å²) in [5.74, 6) is 0.134. The minimum Gasteiger partial charge on any atom is -0.344 e. The second kappa shape index (κ2) is 6.52. The second-order valence-electron chi connectivity index (χ2n) is 7.64. The van der Waals surface area contributed by atoms with Crippen molar-refractivity contribution in [3.05, 3.63) is 83.0 Å². The molecule has 1 aromatic heterocycles. The molecule has 0 fully saturated rings. The van der Waals surface area contributed by atoms with E-state index in [9.17, 15) is 4.79 Å². The van der Waals surface area contributed by atoms with E-state index in [1.807, 2.05) is 23.1 Å². The summed E-state index contributed by atoms with van der Waals surface area (Å²) in [7, 11) is 0. The van der Waals surface area contributed by atoms with Gasteiger partial charge in [0.15, 0.2) is 0 Å². The Labute approximate surface area is 165 Å². The number of hydrogen-bond donors (Lipinski definition) is 0. The molecule has 0 N–H and O–H groups in total. The fourth-order valence-corrected chi connectivity index (χ4v) is 4.74. The fraction of sp³-hybridized carbons (Fsp3) is 0.240. The van der Waals surface area contributed by atoms with Gasteiger partial charge in [-0.2, -0.15) is 0 Å². The van der Waals surface area contributed by atoms with Crippen LogP contribution in [0.2, 0.25) is 0 Å². The van der Waals surface area contributed by atoms with Crippen LogP contribution in [0.4, 0.5) is 0 Å². The van der Waals surface area contributed by atoms with Crippen molar-refractivity contribution in [3.8, 4) is 0 Å². The molecule has 140 valence electrons. The van der Waals surface area contributed by atoms with Crippen LogP contribution < -0.4 is 0 Å². The van der Waals surface area contributed by atoms with Crippen LogP contribution in [-0.4, -0.2) is 21.9 Å². The van der Waals surface area contributed by atoms with E-state index < -0.39 is 0 Å². The summed E-state index contributed by atoms with van der Waals surface area (Å²) >= 11 is 0. The molecule has 0 atom stereocenters. The van der Waals surface area contributed by atoms with Gasteiger partial charge in [-0.1, -0.05) is 48.5 Å². The second-order valence-corrected chi connectivity index (χ2v) is 7.64. The standard InChI is InChI=1S/C25H24N2O/c1-3-27-23-11-7-6-10-20(23)22-16-26(15-14-24(22)27)25(28)21-13-12-17(2)18-8-4-5-9-19(18)21/h4-13H,3,14-16H2,1-2H3. The number of nitrogens with zero attached hydrogens (tertiary/aromatic N) is 2. The van der Waals surface area contributed by atoms with Crippen LogP contribution in [0.25, 0.3) is 21.7 Å². The number of fused-ring (bicyclic) bond motifs is 4. The molecule has 0 saturated carbocycles. The van der Waals surface area contributed by atoms with Gasteiger partial charge in [-0.05, 0) is 42.3 Å². The van der Waals surface area contributed by atoms with Gasteiger partial charge in [-0.25, -0.2) is 0 Å². The van der Waals surface area contributed by atoms with E-state index in [4.69, 9.17) is 0 Å². The van der Waals surface area contributed by atoms with Crippen molar-refractivity contribution < 1.29 is 4.79 Å². The molecule has 0 bridgehead atoms. The van der Waals surface area contributed by atoms with Gasteiger partial charge >= 0.3 is 0 Å². The van der Waals surface area contributed by atoms with Crippen LogP contribution in [0.5, 0.6) is 0 Å². The first-order valence-corrected chi connectivity index (χ1v) is 10.1. The van der Waals surface area contributed by atoms with Gasteiger partial charge in [-0.15, -0.1) is 0 Å². The molecule has 2 heterocycles. The van der Waals surface area contributed by atoms with Crippen LogP contribution in [-0.2, 0) is 19.5 Å². The van der Waals surface area contributed by atoms with Crippen molar-refractivity contribution >= 4 is 27.6 Å². The van der Waals surface area contributed by atoms with E-state index in [0.717, 1.165) is 35.8 Å². The van der Waals surface area contributed by atoms with E-state index >= 15 is 0 Å². The first-order chi connectivity index (χ1) is 13.7. The predicted molar refractivity (Wildman–Crippen MR) is 115 cm³/mol. The van der Waals surface area contributed by atoms with E-state index in [1.165, 1.54) is 27.7 Å². The van der Waals surface area contributed by atoms with Crippen molar-refractivity contribution in [2.45, 2.75) is 33.4 Å². The highest BCUT2D eigenvalue weighted by Crippen LogP contribution is 2.32. The third kappa shape index (κ3) is 2.46. The monoisotopic (exact) mass is 368 g/mol. The van der Waals surface area contributed by atoms with E-state index in [0.29, 0.717) is 6.54 Å². The number of carbonyl (C=O) groups excluding carboxylic acids is 1. The molecule has 0 saturated heterocycles. The zero-order valence-corrected chi connectivity index (χ0v) is 16.4. The highest BCUT2D eigenvalue weighted by atomic mass is 16.2. The number of hydrogen-bond acceptors (Lipinski definition) is 1. The number of para-hydroxylation sites is 1. The maximum Gasteiger partial charge on any atom is 0.254 e. The number of benzene rings is 3. The smallest absolute Gasteiger partial charge is 0.254 e. The summed E-state index contributed by atoms with van der Waals surface area (Å²) in [5, 5.41) is 3.49. The molecule has 3 nitrogen and oxygen atoms in total. The number of rotatable bonds is 2. The molecule has 0 unspecified atom stereocenters. The summed E-state index contributed by atoms with van der Waals surface area (Å²) in [5.41, 5.74) is 6.00. The van der Waals surface area contributed by atoms with Gasteiger partial charge in [0.2, 0.25) is 0 Å². The number of aromatic nitrogens is 1. The number of amides is 1. The maximum absolute atomic E-state index is 13.5. The van der Waals surface area contributed by atoms with Gasteiger partial charge in [0, 0.05) is 53.8 Å². The molecule has 0 radical (unpaired) electrons. The Morgan fingerprint density at radius 1 is 0.929 bits per heavy atom. The summed E-state index contributed by atoms with van der Waals surface area (Å²) in [6.07, 6.45) is 0.910. The summed E-state index contributed by atoms with van der Waals surface area (Å²) in [4.78, 5) is 15.5. The molecule has 3 heteroatoms. The Bertz CT molecular complexity index is 1220. The average Bonchev–Trinajstić information content (AvgIpc) is 3.07. The first-order valence-electron chi connectivity index (χ1n) is 10.1. The van der Waals surface area contributed by atoms with Gasteiger partial charge in [0.1, 0.15) is 0 Å². The maximum atomic E-state index is 13.5. The highest BCUT2D eigenvalue weighted by Gasteiger charge is 2.27. The molecule has 28 heavy (non-hydrogen) atoms. The van der Waals surface area contributed by atoms with Crippen LogP contribution in [0.1, 0.15) is 34.1 Å². The van der Waals surface area contributed by atoms with Gasteiger partial charge < -0.3 is 9.47 Å². The molecule has 0 aliphatic carbocycles. The quantitative estimate of drug-likeness (QED) is 0.470. The average molecular weight is 368 g/mol. The minimum atomic E-state index is 0.134. The summed E-state index contributed by atoms with van der Waals surface area (Å²) in [6, 6.07) is 20.8. The normalized spacial score (nSPS) is 13.9. The van der Waals surface area contributed by atoms with Crippen LogP contribution in [0.15, 0.2) is 60.7 Å². The van der Waals surface area contributed by atoms with E-state index in [1.54, 1.807) is 0 Å². The van der Waals surface area contributed by atoms with Crippen molar-refractivity contribution in [2.24, 2.45) is 0 Å². The third-order valence-electron chi connectivity index (χ3n) is 6.14. The Morgan fingerprint density at radius 2 is 1.64 bits per heavy atom. The zero-order chi connectivity index (χ0) is 19.3. The first kappa shape index (κ1) is 17.1. The van der Waals surface area contributed by atoms with Crippen molar-refractivity contribution in [2.75, 3.05) is 6.54 Å². The molecular formula is C25H24N2O. The van der Waals surface area contributed by atoms with Gasteiger partial charge in [0.25, 0.3) is 5.91 Å². The van der Waals surface area contributed by atoms with Crippen LogP contribution in [0, 0.1) is 6.92 Å². The lowest BCUT2D eigenvalue weighted by atomic mass is 9.98. The molecule has 1 aliphatic heterocycles.